The molecule has 0 amide bonds. The quantitative estimate of drug-likeness (QED) is 0.470. The maximum Gasteiger partial charge on any atom is 0.310 e. The van der Waals surface area contributed by atoms with E-state index in [2.05, 4.69) is 0 Å². The summed E-state index contributed by atoms with van der Waals surface area (Å²) in [6, 6.07) is 0. The molecule has 6 heteroatoms. The molecule has 0 spiro atoms. The lowest BCUT2D eigenvalue weighted by Gasteiger charge is -2.53. The molecule has 2 atom stereocenters. The average Bonchev–Trinajstić information content (AvgIpc) is 2.61. The molecule has 4 bridgehead atoms. The van der Waals surface area contributed by atoms with Crippen molar-refractivity contribution in [2.24, 2.45) is 35.5 Å². The molecule has 0 aromatic heterocycles. The summed E-state index contributed by atoms with van der Waals surface area (Å²) < 4.78 is 16.4. The van der Waals surface area contributed by atoms with Gasteiger partial charge >= 0.3 is 17.9 Å². The van der Waals surface area contributed by atoms with Gasteiger partial charge in [0.2, 0.25) is 0 Å². The van der Waals surface area contributed by atoms with Gasteiger partial charge in [-0.25, -0.2) is 0 Å². The van der Waals surface area contributed by atoms with Crippen LogP contribution in [-0.4, -0.2) is 36.2 Å². The summed E-state index contributed by atoms with van der Waals surface area (Å²) in [6.07, 6.45) is 6.25. The van der Waals surface area contributed by atoms with Crippen LogP contribution in [0.25, 0.3) is 0 Å². The monoisotopic (exact) mass is 408 g/mol. The molecule has 0 aromatic carbocycles. The van der Waals surface area contributed by atoms with Gasteiger partial charge in [-0.05, 0) is 76.5 Å². The maximum absolute atomic E-state index is 12.3. The fraction of sp³-hybridized carbons (Fsp3) is 0.870. The van der Waals surface area contributed by atoms with E-state index in [0.29, 0.717) is 11.8 Å². The minimum absolute atomic E-state index is 0.0175. The number of hydrogen-bond acceptors (Lipinski definition) is 6. The van der Waals surface area contributed by atoms with Crippen LogP contribution in [-0.2, 0) is 28.6 Å². The van der Waals surface area contributed by atoms with Crippen LogP contribution in [0.1, 0.15) is 73.1 Å². The van der Waals surface area contributed by atoms with Crippen LogP contribution < -0.4 is 0 Å². The molecule has 0 radical (unpaired) electrons. The molecule has 0 heterocycles. The Labute approximate surface area is 174 Å². The molecule has 4 fully saturated rings. The van der Waals surface area contributed by atoms with Crippen LogP contribution in [0.15, 0.2) is 0 Å². The van der Waals surface area contributed by atoms with Crippen molar-refractivity contribution < 1.29 is 28.6 Å². The van der Waals surface area contributed by atoms with Gasteiger partial charge in [-0.3, -0.25) is 14.4 Å². The summed E-state index contributed by atoms with van der Waals surface area (Å²) in [6.45, 7) is 8.64. The molecule has 4 aliphatic rings. The molecule has 0 aliphatic heterocycles. The van der Waals surface area contributed by atoms with Gasteiger partial charge < -0.3 is 14.2 Å². The van der Waals surface area contributed by atoms with E-state index < -0.39 is 29.4 Å². The number of rotatable bonds is 7. The van der Waals surface area contributed by atoms with E-state index in [4.69, 9.17) is 14.2 Å². The van der Waals surface area contributed by atoms with E-state index in [1.54, 1.807) is 34.6 Å². The van der Waals surface area contributed by atoms with Crippen molar-refractivity contribution in [3.63, 3.8) is 0 Å². The van der Waals surface area contributed by atoms with Gasteiger partial charge in [-0.2, -0.15) is 0 Å². The Morgan fingerprint density at radius 1 is 0.862 bits per heavy atom. The first kappa shape index (κ1) is 22.1. The Morgan fingerprint density at radius 2 is 1.38 bits per heavy atom. The molecule has 2 unspecified atom stereocenters. The molecule has 164 valence electrons. The Bertz CT molecular complexity index is 606. The third kappa shape index (κ3) is 5.52. The fourth-order valence-corrected chi connectivity index (χ4v) is 5.45. The standard InChI is InChI=1S/C23H36O6/c1-13(14(2)22(26)29-23(3,4)5)21(25)27-7-6-19(24)28-20-17-9-15-8-16(11-17)12-18(20)10-15/h13-18,20H,6-12H2,1-5H3. The van der Waals surface area contributed by atoms with Crippen LogP contribution in [0, 0.1) is 35.5 Å². The Morgan fingerprint density at radius 3 is 1.90 bits per heavy atom. The van der Waals surface area contributed by atoms with Crippen molar-refractivity contribution >= 4 is 17.9 Å². The van der Waals surface area contributed by atoms with E-state index in [-0.39, 0.29) is 25.1 Å². The SMILES string of the molecule is CC(C(=O)OCCC(=O)OC1C2CC3CC(C2)CC1C3)C(C)C(=O)OC(C)(C)C. The van der Waals surface area contributed by atoms with Crippen molar-refractivity contribution in [1.82, 2.24) is 0 Å². The normalized spacial score (nSPS) is 32.4. The molecule has 0 saturated heterocycles. The second kappa shape index (κ2) is 8.65. The summed E-state index contributed by atoms with van der Waals surface area (Å²) in [5, 5.41) is 0. The predicted molar refractivity (Wildman–Crippen MR) is 107 cm³/mol. The largest absolute Gasteiger partial charge is 0.465 e. The highest BCUT2D eigenvalue weighted by molar-refractivity contribution is 5.82. The Hall–Kier alpha value is -1.59. The molecule has 29 heavy (non-hydrogen) atoms. The molecular formula is C23H36O6. The zero-order valence-corrected chi connectivity index (χ0v) is 18.4. The van der Waals surface area contributed by atoms with Crippen LogP contribution in [0.4, 0.5) is 0 Å². The van der Waals surface area contributed by atoms with Gasteiger partial charge in [0.1, 0.15) is 18.3 Å². The Balaban J connectivity index is 1.38. The lowest BCUT2D eigenvalue weighted by molar-refractivity contribution is -0.173. The van der Waals surface area contributed by atoms with Gasteiger partial charge in [-0.15, -0.1) is 0 Å². The van der Waals surface area contributed by atoms with Gasteiger partial charge in [0.25, 0.3) is 0 Å². The molecule has 6 nitrogen and oxygen atoms in total. The second-order valence-corrected chi connectivity index (χ2v) is 10.4. The highest BCUT2D eigenvalue weighted by Gasteiger charge is 2.49. The number of hydrogen-bond donors (Lipinski definition) is 0. The number of ether oxygens (including phenoxy) is 3. The van der Waals surface area contributed by atoms with Crippen LogP contribution in [0.5, 0.6) is 0 Å². The topological polar surface area (TPSA) is 78.9 Å². The summed E-state index contributed by atoms with van der Waals surface area (Å²) in [5.41, 5.74) is -0.601. The van der Waals surface area contributed by atoms with Crippen molar-refractivity contribution in [3.05, 3.63) is 0 Å². The molecule has 4 saturated carbocycles. The zero-order valence-electron chi connectivity index (χ0n) is 18.4. The van der Waals surface area contributed by atoms with Crippen molar-refractivity contribution in [2.45, 2.75) is 84.8 Å². The third-order valence-corrected chi connectivity index (χ3v) is 6.86. The van der Waals surface area contributed by atoms with E-state index in [1.165, 1.54) is 32.1 Å². The van der Waals surface area contributed by atoms with E-state index in [1.807, 2.05) is 0 Å². The zero-order chi connectivity index (χ0) is 21.3. The maximum atomic E-state index is 12.3. The fourth-order valence-electron chi connectivity index (χ4n) is 5.45. The number of carbonyl (C=O) groups is 3. The van der Waals surface area contributed by atoms with E-state index >= 15 is 0 Å². The van der Waals surface area contributed by atoms with Gasteiger partial charge in [0.05, 0.1) is 18.3 Å². The third-order valence-electron chi connectivity index (χ3n) is 6.86. The first-order valence-corrected chi connectivity index (χ1v) is 11.1. The summed E-state index contributed by atoms with van der Waals surface area (Å²) in [4.78, 5) is 36.7. The highest BCUT2D eigenvalue weighted by atomic mass is 16.6. The minimum atomic E-state index is -0.634. The van der Waals surface area contributed by atoms with Crippen LogP contribution in [0.2, 0.25) is 0 Å². The number of esters is 3. The minimum Gasteiger partial charge on any atom is -0.465 e. The van der Waals surface area contributed by atoms with Gasteiger partial charge in [0, 0.05) is 0 Å². The van der Waals surface area contributed by atoms with Gasteiger partial charge in [-0.1, -0.05) is 13.8 Å². The van der Waals surface area contributed by atoms with Crippen LogP contribution >= 0.6 is 0 Å². The molecule has 0 aromatic rings. The average molecular weight is 409 g/mol. The van der Waals surface area contributed by atoms with Crippen molar-refractivity contribution in [2.75, 3.05) is 6.61 Å². The predicted octanol–water partition coefficient (Wildman–Crippen LogP) is 3.90. The van der Waals surface area contributed by atoms with Crippen molar-refractivity contribution in [1.29, 1.82) is 0 Å². The van der Waals surface area contributed by atoms with Crippen LogP contribution in [0.3, 0.4) is 0 Å². The summed E-state index contributed by atoms with van der Waals surface area (Å²) >= 11 is 0. The lowest BCUT2D eigenvalue weighted by atomic mass is 9.55. The molecular weight excluding hydrogens is 372 g/mol. The van der Waals surface area contributed by atoms with Gasteiger partial charge in [0.15, 0.2) is 0 Å². The first-order chi connectivity index (χ1) is 13.5. The molecule has 4 rings (SSSR count). The van der Waals surface area contributed by atoms with E-state index in [9.17, 15) is 14.4 Å². The lowest BCUT2D eigenvalue weighted by Crippen LogP contribution is -2.50. The second-order valence-electron chi connectivity index (χ2n) is 10.4. The van der Waals surface area contributed by atoms with E-state index in [0.717, 1.165) is 11.8 Å². The first-order valence-electron chi connectivity index (χ1n) is 11.1. The van der Waals surface area contributed by atoms with Crippen molar-refractivity contribution in [3.8, 4) is 0 Å². The molecule has 0 N–H and O–H groups in total. The number of carbonyl (C=O) groups excluding carboxylic acids is 3. The molecule has 4 aliphatic carbocycles. The Kier molecular flexibility index (Phi) is 6.59. The smallest absolute Gasteiger partial charge is 0.310 e. The summed E-state index contributed by atoms with van der Waals surface area (Å²) in [7, 11) is 0. The highest BCUT2D eigenvalue weighted by Crippen LogP contribution is 2.54. The summed E-state index contributed by atoms with van der Waals surface area (Å²) in [5.74, 6) is 0.257.